The Hall–Kier alpha value is -1.85. The summed E-state index contributed by atoms with van der Waals surface area (Å²) in [7, 11) is 0. The topological polar surface area (TPSA) is 65.5 Å². The first-order valence-electron chi connectivity index (χ1n) is 10.4. The third-order valence-corrected chi connectivity index (χ3v) is 6.39. The average Bonchev–Trinajstić information content (AvgIpc) is 3.15. The number of rotatable bonds is 4. The number of aliphatic hydroxyl groups is 1. The molecule has 1 amide bonds. The Morgan fingerprint density at radius 3 is 2.50 bits per heavy atom. The second-order valence-corrected chi connectivity index (χ2v) is 8.58. The summed E-state index contributed by atoms with van der Waals surface area (Å²) in [6, 6.07) is 7.52. The molecule has 6 heteroatoms. The molecule has 1 aromatic carbocycles. The summed E-state index contributed by atoms with van der Waals surface area (Å²) in [5.74, 6) is 0.704. The Labute approximate surface area is 171 Å². The predicted octanol–water partition coefficient (Wildman–Crippen LogP) is 4.30. The van der Waals surface area contributed by atoms with Crippen LogP contribution in [0.1, 0.15) is 61.7 Å². The molecular formula is C22H28ClN3O2. The van der Waals surface area contributed by atoms with Crippen molar-refractivity contribution in [1.29, 1.82) is 0 Å². The largest absolute Gasteiger partial charge is 0.388 e. The van der Waals surface area contributed by atoms with E-state index in [4.69, 9.17) is 16.6 Å². The molecule has 1 saturated heterocycles. The van der Waals surface area contributed by atoms with E-state index in [1.165, 1.54) is 12.8 Å². The van der Waals surface area contributed by atoms with E-state index in [9.17, 15) is 9.90 Å². The van der Waals surface area contributed by atoms with Gasteiger partial charge in [-0.1, -0.05) is 37.3 Å². The number of aromatic nitrogens is 1. The van der Waals surface area contributed by atoms with E-state index in [2.05, 4.69) is 10.2 Å². The molecule has 2 aliphatic rings. The lowest BCUT2D eigenvalue weighted by molar-refractivity contribution is 0.0247. The summed E-state index contributed by atoms with van der Waals surface area (Å²) >= 11 is 6.39. The molecule has 0 radical (unpaired) electrons. The Kier molecular flexibility index (Phi) is 5.74. The number of carbonyl (C=O) groups excluding carboxylic acids is 1. The lowest BCUT2D eigenvalue weighted by Crippen LogP contribution is -2.42. The van der Waals surface area contributed by atoms with Gasteiger partial charge in [0.25, 0.3) is 5.91 Å². The van der Waals surface area contributed by atoms with Gasteiger partial charge in [-0.3, -0.25) is 4.79 Å². The first-order chi connectivity index (χ1) is 13.6. The van der Waals surface area contributed by atoms with Crippen LogP contribution in [0, 0.1) is 0 Å². The molecule has 2 N–H and O–H groups in total. The summed E-state index contributed by atoms with van der Waals surface area (Å²) in [6.45, 7) is 2.31. The minimum Gasteiger partial charge on any atom is -0.388 e. The maximum Gasteiger partial charge on any atom is 0.253 e. The monoisotopic (exact) mass is 401 g/mol. The highest BCUT2D eigenvalue weighted by atomic mass is 35.5. The second-order valence-electron chi connectivity index (χ2n) is 8.17. The number of pyridine rings is 1. The van der Waals surface area contributed by atoms with Gasteiger partial charge in [-0.15, -0.1) is 0 Å². The molecule has 5 nitrogen and oxygen atoms in total. The Morgan fingerprint density at radius 1 is 1.07 bits per heavy atom. The number of halogens is 1. The molecule has 1 aliphatic carbocycles. The van der Waals surface area contributed by atoms with Crippen molar-refractivity contribution in [2.24, 2.45) is 0 Å². The van der Waals surface area contributed by atoms with Gasteiger partial charge in [0.2, 0.25) is 0 Å². The van der Waals surface area contributed by atoms with Crippen LogP contribution < -0.4 is 10.2 Å². The molecule has 0 bridgehead atoms. The number of anilines is 1. The second kappa shape index (κ2) is 8.26. The molecule has 2 fully saturated rings. The fraction of sp³-hybridized carbons (Fsp3) is 0.545. The lowest BCUT2D eigenvalue weighted by atomic mass is 9.94. The molecule has 2 heterocycles. The van der Waals surface area contributed by atoms with Crippen molar-refractivity contribution in [3.63, 3.8) is 0 Å². The standard InChI is InChI=1S/C22H28ClN3O2/c23-17-8-9-18-16(7-10-19(25-18)26-13-5-6-14-26)20(17)21(27)24-15-22(28)11-3-1-2-4-12-22/h7-10,28H,1-6,11-15H2,(H,24,27). The number of hydrogen-bond donors (Lipinski definition) is 2. The van der Waals surface area contributed by atoms with Gasteiger partial charge in [0.15, 0.2) is 0 Å². The zero-order valence-corrected chi connectivity index (χ0v) is 17.0. The molecule has 0 unspecified atom stereocenters. The van der Waals surface area contributed by atoms with Crippen molar-refractivity contribution in [3.05, 3.63) is 34.9 Å². The highest BCUT2D eigenvalue weighted by Gasteiger charge is 2.29. The minimum atomic E-state index is -0.815. The van der Waals surface area contributed by atoms with Gasteiger partial charge in [-0.05, 0) is 49.9 Å². The first-order valence-corrected chi connectivity index (χ1v) is 10.8. The van der Waals surface area contributed by atoms with Crippen molar-refractivity contribution in [2.75, 3.05) is 24.5 Å². The van der Waals surface area contributed by atoms with E-state index in [-0.39, 0.29) is 12.5 Å². The van der Waals surface area contributed by atoms with Gasteiger partial charge in [-0.25, -0.2) is 4.98 Å². The first kappa shape index (κ1) is 19.5. The van der Waals surface area contributed by atoms with Crippen molar-refractivity contribution >= 4 is 34.2 Å². The van der Waals surface area contributed by atoms with Gasteiger partial charge in [-0.2, -0.15) is 0 Å². The average molecular weight is 402 g/mol. The van der Waals surface area contributed by atoms with Crippen LogP contribution in [0.2, 0.25) is 5.02 Å². The molecular weight excluding hydrogens is 374 g/mol. The Balaban J connectivity index is 1.56. The van der Waals surface area contributed by atoms with E-state index >= 15 is 0 Å². The van der Waals surface area contributed by atoms with E-state index < -0.39 is 5.60 Å². The molecule has 0 spiro atoms. The van der Waals surface area contributed by atoms with Crippen LogP contribution in [0.15, 0.2) is 24.3 Å². The van der Waals surface area contributed by atoms with E-state index in [1.807, 2.05) is 18.2 Å². The number of hydrogen-bond acceptors (Lipinski definition) is 4. The van der Waals surface area contributed by atoms with Gasteiger partial charge >= 0.3 is 0 Å². The predicted molar refractivity (Wildman–Crippen MR) is 113 cm³/mol. The van der Waals surface area contributed by atoms with E-state index in [1.54, 1.807) is 6.07 Å². The van der Waals surface area contributed by atoms with Crippen LogP contribution in [-0.2, 0) is 0 Å². The zero-order chi connectivity index (χ0) is 19.6. The van der Waals surface area contributed by atoms with Crippen LogP contribution in [0.4, 0.5) is 5.82 Å². The third kappa shape index (κ3) is 4.11. The Morgan fingerprint density at radius 2 is 1.79 bits per heavy atom. The molecule has 1 aromatic heterocycles. The molecule has 28 heavy (non-hydrogen) atoms. The summed E-state index contributed by atoms with van der Waals surface area (Å²) in [4.78, 5) is 20.0. The van der Waals surface area contributed by atoms with Gasteiger partial charge in [0.1, 0.15) is 5.82 Å². The van der Waals surface area contributed by atoms with Gasteiger partial charge < -0.3 is 15.3 Å². The molecule has 4 rings (SSSR count). The number of amides is 1. The van der Waals surface area contributed by atoms with E-state index in [0.29, 0.717) is 10.6 Å². The number of nitrogens with zero attached hydrogens (tertiary/aromatic N) is 2. The number of benzene rings is 1. The van der Waals surface area contributed by atoms with Crippen molar-refractivity contribution < 1.29 is 9.90 Å². The van der Waals surface area contributed by atoms with Gasteiger partial charge in [0.05, 0.1) is 21.7 Å². The summed E-state index contributed by atoms with van der Waals surface area (Å²) in [6.07, 6.45) is 8.16. The van der Waals surface area contributed by atoms with Crippen LogP contribution in [-0.4, -0.2) is 41.2 Å². The summed E-state index contributed by atoms with van der Waals surface area (Å²) in [5, 5.41) is 14.9. The maximum atomic E-state index is 12.9. The highest BCUT2D eigenvalue weighted by Crippen LogP contribution is 2.29. The van der Waals surface area contributed by atoms with Crippen molar-refractivity contribution in [2.45, 2.75) is 57.0 Å². The smallest absolute Gasteiger partial charge is 0.253 e. The van der Waals surface area contributed by atoms with Crippen molar-refractivity contribution in [3.8, 4) is 0 Å². The number of nitrogens with one attached hydrogen (secondary N) is 1. The molecule has 0 atom stereocenters. The number of fused-ring (bicyclic) bond motifs is 1. The fourth-order valence-corrected chi connectivity index (χ4v) is 4.67. The quantitative estimate of drug-likeness (QED) is 0.749. The SMILES string of the molecule is O=C(NCC1(O)CCCCCC1)c1c(Cl)ccc2nc(N3CCCC3)ccc12. The zero-order valence-electron chi connectivity index (χ0n) is 16.2. The number of carbonyl (C=O) groups is 1. The minimum absolute atomic E-state index is 0.246. The molecule has 150 valence electrons. The summed E-state index contributed by atoms with van der Waals surface area (Å²) in [5.41, 5.74) is 0.397. The third-order valence-electron chi connectivity index (χ3n) is 6.08. The van der Waals surface area contributed by atoms with Crippen molar-refractivity contribution in [1.82, 2.24) is 10.3 Å². The van der Waals surface area contributed by atoms with Crippen LogP contribution in [0.3, 0.4) is 0 Å². The molecule has 1 saturated carbocycles. The maximum absolute atomic E-state index is 12.9. The molecule has 2 aromatic rings. The van der Waals surface area contributed by atoms with Gasteiger partial charge in [0, 0.05) is 25.0 Å². The lowest BCUT2D eigenvalue weighted by Gasteiger charge is -2.27. The van der Waals surface area contributed by atoms with Crippen LogP contribution in [0.25, 0.3) is 10.9 Å². The van der Waals surface area contributed by atoms with E-state index in [0.717, 1.165) is 68.3 Å². The normalized spacial score (nSPS) is 19.6. The highest BCUT2D eigenvalue weighted by molar-refractivity contribution is 6.35. The van der Waals surface area contributed by atoms with Crippen LogP contribution >= 0.6 is 11.6 Å². The Bertz CT molecular complexity index is 856. The summed E-state index contributed by atoms with van der Waals surface area (Å²) < 4.78 is 0. The molecule has 1 aliphatic heterocycles. The fourth-order valence-electron chi connectivity index (χ4n) is 4.42. The van der Waals surface area contributed by atoms with Crippen LogP contribution in [0.5, 0.6) is 0 Å².